The van der Waals surface area contributed by atoms with Crippen LogP contribution < -0.4 is 11.1 Å². The van der Waals surface area contributed by atoms with Gasteiger partial charge in [0.15, 0.2) is 0 Å². The number of benzene rings is 1. The predicted octanol–water partition coefficient (Wildman–Crippen LogP) is 2.88. The number of carbonyl (C=O) groups excluding carboxylic acids is 1. The molecule has 8 heteroatoms. The normalized spacial score (nSPS) is 12.0. The summed E-state index contributed by atoms with van der Waals surface area (Å²) >= 11 is 4.51. The Hall–Kier alpha value is -1.77. The highest BCUT2D eigenvalue weighted by Crippen LogP contribution is 2.21. The van der Waals surface area contributed by atoms with Crippen LogP contribution in [0.25, 0.3) is 0 Å². The van der Waals surface area contributed by atoms with E-state index in [4.69, 9.17) is 10.8 Å². The zero-order valence-electron chi connectivity index (χ0n) is 11.0. The second-order valence-electron chi connectivity index (χ2n) is 4.35. The molecule has 0 bridgehead atoms. The summed E-state index contributed by atoms with van der Waals surface area (Å²) in [6, 6.07) is 4.21. The molecule has 1 amide bonds. The molecule has 2 aromatic rings. The smallest absolute Gasteiger partial charge is 0.335 e. The van der Waals surface area contributed by atoms with E-state index in [1.165, 1.54) is 23.5 Å². The third-order valence-corrected chi connectivity index (χ3v) is 4.05. The van der Waals surface area contributed by atoms with Gasteiger partial charge in [0.2, 0.25) is 0 Å². The van der Waals surface area contributed by atoms with Crippen LogP contribution >= 0.6 is 27.3 Å². The van der Waals surface area contributed by atoms with E-state index in [2.05, 4.69) is 26.2 Å². The van der Waals surface area contributed by atoms with Crippen LogP contribution in [0, 0.1) is 0 Å². The van der Waals surface area contributed by atoms with Crippen LogP contribution in [-0.2, 0) is 0 Å². The number of aromatic nitrogens is 1. The van der Waals surface area contributed by atoms with E-state index in [0.29, 0.717) is 15.2 Å². The second-order valence-corrected chi connectivity index (χ2v) is 6.15. The number of anilines is 1. The lowest BCUT2D eigenvalue weighted by molar-refractivity contribution is 0.0696. The fourth-order valence-corrected chi connectivity index (χ4v) is 2.83. The van der Waals surface area contributed by atoms with Crippen molar-refractivity contribution in [3.8, 4) is 0 Å². The lowest BCUT2D eigenvalue weighted by Crippen LogP contribution is -2.14. The molecule has 4 N–H and O–H groups in total. The van der Waals surface area contributed by atoms with Crippen molar-refractivity contribution < 1.29 is 14.7 Å². The molecule has 1 heterocycles. The van der Waals surface area contributed by atoms with Crippen molar-refractivity contribution in [3.05, 3.63) is 44.3 Å². The number of thiazole rings is 1. The first kappa shape index (κ1) is 15.6. The van der Waals surface area contributed by atoms with Gasteiger partial charge in [0.1, 0.15) is 10.7 Å². The van der Waals surface area contributed by atoms with E-state index in [-0.39, 0.29) is 17.3 Å². The first-order valence-electron chi connectivity index (χ1n) is 5.93. The van der Waals surface area contributed by atoms with Crippen LogP contribution in [0.3, 0.4) is 0 Å². The van der Waals surface area contributed by atoms with E-state index in [9.17, 15) is 9.59 Å². The van der Waals surface area contributed by atoms with Crippen molar-refractivity contribution in [2.45, 2.75) is 13.0 Å². The van der Waals surface area contributed by atoms with Crippen LogP contribution in [-0.4, -0.2) is 22.0 Å². The lowest BCUT2D eigenvalue weighted by atomic mass is 10.2. The fraction of sp³-hybridized carbons (Fsp3) is 0.154. The number of amides is 1. The summed E-state index contributed by atoms with van der Waals surface area (Å²) in [7, 11) is 0. The molecule has 1 atom stereocenters. The number of hydrogen-bond acceptors (Lipinski definition) is 5. The summed E-state index contributed by atoms with van der Waals surface area (Å²) < 4.78 is 0.562. The number of hydrogen-bond donors (Lipinski definition) is 3. The maximum Gasteiger partial charge on any atom is 0.335 e. The molecule has 21 heavy (non-hydrogen) atoms. The minimum absolute atomic E-state index is 0.0780. The largest absolute Gasteiger partial charge is 0.478 e. The van der Waals surface area contributed by atoms with Gasteiger partial charge in [-0.2, -0.15) is 0 Å². The number of carboxylic acid groups (broad SMARTS) is 1. The molecule has 0 fully saturated rings. The first-order valence-corrected chi connectivity index (χ1v) is 7.60. The number of nitrogens with two attached hydrogens (primary N) is 1. The highest BCUT2D eigenvalue weighted by molar-refractivity contribution is 9.10. The molecule has 1 unspecified atom stereocenters. The number of nitrogens with zero attached hydrogens (tertiary/aromatic N) is 1. The van der Waals surface area contributed by atoms with Crippen LogP contribution in [0.4, 0.5) is 5.69 Å². The zero-order chi connectivity index (χ0) is 15.6. The molecule has 1 aromatic carbocycles. The van der Waals surface area contributed by atoms with Crippen molar-refractivity contribution in [1.82, 2.24) is 4.98 Å². The Morgan fingerprint density at radius 1 is 1.43 bits per heavy atom. The quantitative estimate of drug-likeness (QED) is 0.768. The Balaban J connectivity index is 2.20. The first-order chi connectivity index (χ1) is 9.86. The van der Waals surface area contributed by atoms with Crippen molar-refractivity contribution in [3.63, 3.8) is 0 Å². The number of nitrogens with one attached hydrogen (secondary N) is 1. The molecule has 0 aliphatic heterocycles. The van der Waals surface area contributed by atoms with E-state index in [0.717, 1.165) is 0 Å². The third-order valence-electron chi connectivity index (χ3n) is 2.55. The summed E-state index contributed by atoms with van der Waals surface area (Å²) in [5.74, 6) is -1.48. The summed E-state index contributed by atoms with van der Waals surface area (Å²) in [4.78, 5) is 27.2. The molecule has 0 spiro atoms. The Bertz CT molecular complexity index is 700. The van der Waals surface area contributed by atoms with Gasteiger partial charge >= 0.3 is 5.97 Å². The zero-order valence-corrected chi connectivity index (χ0v) is 13.4. The van der Waals surface area contributed by atoms with E-state index in [1.54, 1.807) is 18.4 Å². The maximum absolute atomic E-state index is 12.1. The molecule has 0 saturated heterocycles. The van der Waals surface area contributed by atoms with Crippen LogP contribution in [0.2, 0.25) is 0 Å². The summed E-state index contributed by atoms with van der Waals surface area (Å²) in [5.41, 5.74) is 6.41. The van der Waals surface area contributed by atoms with Gasteiger partial charge in [-0.15, -0.1) is 11.3 Å². The van der Waals surface area contributed by atoms with E-state index < -0.39 is 11.9 Å². The van der Waals surface area contributed by atoms with Crippen LogP contribution in [0.1, 0.15) is 38.8 Å². The molecular weight excluding hydrogens is 358 g/mol. The number of aromatic carboxylic acids is 1. The van der Waals surface area contributed by atoms with E-state index in [1.807, 2.05) is 0 Å². The van der Waals surface area contributed by atoms with Gasteiger partial charge in [-0.25, -0.2) is 9.78 Å². The Morgan fingerprint density at radius 3 is 2.71 bits per heavy atom. The Morgan fingerprint density at radius 2 is 2.14 bits per heavy atom. The van der Waals surface area contributed by atoms with E-state index >= 15 is 0 Å². The van der Waals surface area contributed by atoms with Crippen LogP contribution in [0.5, 0.6) is 0 Å². The molecule has 0 radical (unpaired) electrons. The van der Waals surface area contributed by atoms with Gasteiger partial charge in [0, 0.05) is 15.5 Å². The topological polar surface area (TPSA) is 105 Å². The highest BCUT2D eigenvalue weighted by Gasteiger charge is 2.14. The van der Waals surface area contributed by atoms with Crippen molar-refractivity contribution in [2.75, 3.05) is 5.32 Å². The van der Waals surface area contributed by atoms with Crippen molar-refractivity contribution in [1.29, 1.82) is 0 Å². The minimum Gasteiger partial charge on any atom is -0.478 e. The molecule has 6 nitrogen and oxygen atoms in total. The second kappa shape index (κ2) is 6.33. The molecule has 110 valence electrons. The monoisotopic (exact) mass is 369 g/mol. The summed E-state index contributed by atoms with van der Waals surface area (Å²) in [6.45, 7) is 1.79. The maximum atomic E-state index is 12.1. The molecule has 2 rings (SSSR count). The SMILES string of the molecule is CC(N)c1nc(C(=O)Nc2cc(Br)cc(C(=O)O)c2)cs1. The minimum atomic E-state index is -1.07. The fourth-order valence-electron chi connectivity index (χ4n) is 1.58. The highest BCUT2D eigenvalue weighted by atomic mass is 79.9. The number of rotatable bonds is 4. The molecule has 0 aliphatic carbocycles. The predicted molar refractivity (Wildman–Crippen MR) is 83.8 cm³/mol. The lowest BCUT2D eigenvalue weighted by Gasteiger charge is -2.05. The van der Waals surface area contributed by atoms with Gasteiger partial charge in [0.05, 0.1) is 11.6 Å². The van der Waals surface area contributed by atoms with Gasteiger partial charge in [-0.1, -0.05) is 15.9 Å². The van der Waals surface area contributed by atoms with Gasteiger partial charge in [-0.3, -0.25) is 4.79 Å². The Labute approximate surface area is 133 Å². The summed E-state index contributed by atoms with van der Waals surface area (Å²) in [6.07, 6.45) is 0. The third kappa shape index (κ3) is 3.87. The number of carboxylic acids is 1. The number of halogens is 1. The molecule has 0 saturated carbocycles. The molecule has 1 aromatic heterocycles. The average molecular weight is 370 g/mol. The summed E-state index contributed by atoms with van der Waals surface area (Å²) in [5, 5.41) is 13.9. The van der Waals surface area contributed by atoms with Gasteiger partial charge in [0.25, 0.3) is 5.91 Å². The number of carbonyl (C=O) groups is 2. The molecular formula is C13H12BrN3O3S. The Kier molecular flexibility index (Phi) is 4.71. The van der Waals surface area contributed by atoms with Gasteiger partial charge in [-0.05, 0) is 25.1 Å². The standard InChI is InChI=1S/C13H12BrN3O3S/c1-6(15)12-17-10(5-21-12)11(18)16-9-3-7(13(19)20)2-8(14)4-9/h2-6H,15H2,1H3,(H,16,18)(H,19,20). The van der Waals surface area contributed by atoms with Crippen molar-refractivity contribution in [2.24, 2.45) is 5.73 Å². The van der Waals surface area contributed by atoms with Crippen LogP contribution in [0.15, 0.2) is 28.1 Å². The average Bonchev–Trinajstić information content (AvgIpc) is 2.87. The van der Waals surface area contributed by atoms with Gasteiger partial charge < -0.3 is 16.2 Å². The molecule has 0 aliphatic rings. The van der Waals surface area contributed by atoms with Crippen molar-refractivity contribution >= 4 is 44.8 Å².